The van der Waals surface area contributed by atoms with Crippen LogP contribution in [0.2, 0.25) is 0 Å². The van der Waals surface area contributed by atoms with Gasteiger partial charge in [0.2, 0.25) is 0 Å². The molecule has 112 valence electrons. The van der Waals surface area contributed by atoms with Gasteiger partial charge in [0.15, 0.2) is 0 Å². The van der Waals surface area contributed by atoms with Crippen molar-refractivity contribution in [1.29, 1.82) is 0 Å². The number of para-hydroxylation sites is 1. The summed E-state index contributed by atoms with van der Waals surface area (Å²) in [7, 11) is 0. The van der Waals surface area contributed by atoms with Gasteiger partial charge in [0.05, 0.1) is 5.69 Å². The highest BCUT2D eigenvalue weighted by Crippen LogP contribution is 2.35. The first kappa shape index (κ1) is 13.3. The molecule has 0 aliphatic rings. The van der Waals surface area contributed by atoms with Crippen LogP contribution in [0.5, 0.6) is 0 Å². The molecule has 0 radical (unpaired) electrons. The monoisotopic (exact) mass is 305 g/mol. The third-order valence-corrected chi connectivity index (χ3v) is 4.67. The van der Waals surface area contributed by atoms with Crippen molar-refractivity contribution in [3.05, 3.63) is 90.5 Å². The zero-order valence-corrected chi connectivity index (χ0v) is 13.1. The van der Waals surface area contributed by atoms with Crippen LogP contribution in [-0.4, -0.2) is 6.21 Å². The molecule has 5 rings (SSSR count). The first-order valence-electron chi connectivity index (χ1n) is 8.16. The van der Waals surface area contributed by atoms with Crippen LogP contribution >= 0.6 is 0 Å². The van der Waals surface area contributed by atoms with E-state index in [1.165, 1.54) is 32.3 Å². The topological polar surface area (TPSA) is 12.4 Å². The van der Waals surface area contributed by atoms with Crippen molar-refractivity contribution < 1.29 is 0 Å². The molecular formula is C23H15N. The first-order chi connectivity index (χ1) is 11.9. The summed E-state index contributed by atoms with van der Waals surface area (Å²) < 4.78 is 0. The van der Waals surface area contributed by atoms with Gasteiger partial charge in [-0.2, -0.15) is 0 Å². The van der Waals surface area contributed by atoms with E-state index in [1.54, 1.807) is 0 Å². The molecule has 5 aromatic rings. The summed E-state index contributed by atoms with van der Waals surface area (Å²) in [5.41, 5.74) is 2.13. The first-order valence-corrected chi connectivity index (χ1v) is 8.16. The van der Waals surface area contributed by atoms with E-state index in [9.17, 15) is 0 Å². The van der Waals surface area contributed by atoms with Crippen molar-refractivity contribution in [2.24, 2.45) is 4.99 Å². The number of hydrogen-bond donors (Lipinski definition) is 0. The van der Waals surface area contributed by atoms with Gasteiger partial charge in [-0.1, -0.05) is 72.8 Å². The molecule has 1 nitrogen and oxygen atoms in total. The summed E-state index contributed by atoms with van der Waals surface area (Å²) in [6.45, 7) is 0. The molecule has 0 bridgehead atoms. The van der Waals surface area contributed by atoms with Gasteiger partial charge in [-0.05, 0) is 44.5 Å². The summed E-state index contributed by atoms with van der Waals surface area (Å²) in [5, 5.41) is 7.82. The Morgan fingerprint density at radius 3 is 2.00 bits per heavy atom. The SMILES string of the molecule is C(=Nc1ccccc1)c1ccc2ccc3cccc4ccc1c2c34. The molecule has 0 atom stereocenters. The molecule has 0 saturated heterocycles. The lowest BCUT2D eigenvalue weighted by molar-refractivity contribution is 1.53. The van der Waals surface area contributed by atoms with E-state index < -0.39 is 0 Å². The molecule has 5 aromatic carbocycles. The van der Waals surface area contributed by atoms with Crippen LogP contribution in [0.15, 0.2) is 89.9 Å². The third-order valence-electron chi connectivity index (χ3n) is 4.67. The highest BCUT2D eigenvalue weighted by atomic mass is 14.7. The summed E-state index contributed by atoms with van der Waals surface area (Å²) in [4.78, 5) is 4.63. The van der Waals surface area contributed by atoms with Crippen LogP contribution in [0.3, 0.4) is 0 Å². The summed E-state index contributed by atoms with van der Waals surface area (Å²) in [6, 6.07) is 29.8. The molecule has 24 heavy (non-hydrogen) atoms. The van der Waals surface area contributed by atoms with Crippen LogP contribution in [0.1, 0.15) is 5.56 Å². The van der Waals surface area contributed by atoms with Crippen molar-refractivity contribution in [3.8, 4) is 0 Å². The molecule has 0 N–H and O–H groups in total. The number of benzene rings is 5. The molecule has 0 fully saturated rings. The molecule has 0 amide bonds. The standard InChI is InChI=1S/C23H15N/c1-2-7-20(8-3-1)24-15-19-12-11-18-10-9-16-5-4-6-17-13-14-21(19)23(18)22(16)17/h1-15H. The molecule has 0 aliphatic heterocycles. The van der Waals surface area contributed by atoms with Gasteiger partial charge >= 0.3 is 0 Å². The summed E-state index contributed by atoms with van der Waals surface area (Å²) in [5.74, 6) is 0. The molecule has 0 spiro atoms. The van der Waals surface area contributed by atoms with E-state index in [0.29, 0.717) is 0 Å². The van der Waals surface area contributed by atoms with Crippen molar-refractivity contribution in [2.45, 2.75) is 0 Å². The van der Waals surface area contributed by atoms with E-state index in [2.05, 4.69) is 59.6 Å². The Morgan fingerprint density at radius 2 is 1.21 bits per heavy atom. The lowest BCUT2D eigenvalue weighted by Gasteiger charge is -2.12. The van der Waals surface area contributed by atoms with Gasteiger partial charge in [-0.15, -0.1) is 0 Å². The third kappa shape index (κ3) is 1.99. The summed E-state index contributed by atoms with van der Waals surface area (Å²) in [6.07, 6.45) is 1.97. The Labute approximate surface area is 140 Å². The second kappa shape index (κ2) is 5.17. The van der Waals surface area contributed by atoms with Crippen molar-refractivity contribution in [2.75, 3.05) is 0 Å². The zero-order chi connectivity index (χ0) is 15.9. The maximum absolute atomic E-state index is 4.63. The summed E-state index contributed by atoms with van der Waals surface area (Å²) >= 11 is 0. The smallest absolute Gasteiger partial charge is 0.0629 e. The second-order valence-corrected chi connectivity index (χ2v) is 6.10. The Kier molecular flexibility index (Phi) is 2.86. The average molecular weight is 305 g/mol. The minimum Gasteiger partial charge on any atom is -0.256 e. The largest absolute Gasteiger partial charge is 0.256 e. The minimum atomic E-state index is 0.975. The van der Waals surface area contributed by atoms with Crippen molar-refractivity contribution in [1.82, 2.24) is 0 Å². The Balaban J connectivity index is 1.80. The number of hydrogen-bond acceptors (Lipinski definition) is 1. The highest BCUT2D eigenvalue weighted by molar-refractivity contribution is 6.25. The Hall–Kier alpha value is -3.19. The highest BCUT2D eigenvalue weighted by Gasteiger charge is 2.09. The number of nitrogens with zero attached hydrogens (tertiary/aromatic N) is 1. The van der Waals surface area contributed by atoms with Crippen LogP contribution in [0.25, 0.3) is 32.3 Å². The molecular weight excluding hydrogens is 290 g/mol. The molecule has 0 heterocycles. The van der Waals surface area contributed by atoms with Gasteiger partial charge in [-0.3, -0.25) is 4.99 Å². The Bertz CT molecular complexity index is 1170. The van der Waals surface area contributed by atoms with Crippen molar-refractivity contribution in [3.63, 3.8) is 0 Å². The molecule has 0 unspecified atom stereocenters. The molecule has 1 heteroatoms. The maximum Gasteiger partial charge on any atom is 0.0629 e. The van der Waals surface area contributed by atoms with E-state index in [-0.39, 0.29) is 0 Å². The average Bonchev–Trinajstić information content (AvgIpc) is 2.66. The van der Waals surface area contributed by atoms with Crippen LogP contribution in [0, 0.1) is 0 Å². The normalized spacial score (nSPS) is 12.0. The fourth-order valence-corrected chi connectivity index (χ4v) is 3.53. The Morgan fingerprint density at radius 1 is 0.542 bits per heavy atom. The molecule has 0 aliphatic carbocycles. The number of rotatable bonds is 2. The van der Waals surface area contributed by atoms with Gasteiger partial charge in [0.25, 0.3) is 0 Å². The minimum absolute atomic E-state index is 0.975. The molecule has 0 aromatic heterocycles. The number of aliphatic imine (C=N–C) groups is 1. The van der Waals surface area contributed by atoms with Crippen LogP contribution in [-0.2, 0) is 0 Å². The molecule has 0 saturated carbocycles. The van der Waals surface area contributed by atoms with E-state index in [1.807, 2.05) is 36.5 Å². The van der Waals surface area contributed by atoms with Crippen molar-refractivity contribution >= 4 is 44.2 Å². The van der Waals surface area contributed by atoms with Crippen LogP contribution < -0.4 is 0 Å². The van der Waals surface area contributed by atoms with Gasteiger partial charge in [0, 0.05) is 11.8 Å². The van der Waals surface area contributed by atoms with Gasteiger partial charge in [0.1, 0.15) is 0 Å². The zero-order valence-electron chi connectivity index (χ0n) is 13.1. The second-order valence-electron chi connectivity index (χ2n) is 6.10. The fourth-order valence-electron chi connectivity index (χ4n) is 3.53. The van der Waals surface area contributed by atoms with Gasteiger partial charge < -0.3 is 0 Å². The lowest BCUT2D eigenvalue weighted by Crippen LogP contribution is -1.88. The van der Waals surface area contributed by atoms with E-state index in [4.69, 9.17) is 0 Å². The van der Waals surface area contributed by atoms with E-state index in [0.717, 1.165) is 11.3 Å². The fraction of sp³-hybridized carbons (Fsp3) is 0. The quantitative estimate of drug-likeness (QED) is 0.267. The maximum atomic E-state index is 4.63. The predicted octanol–water partition coefficient (Wildman–Crippen LogP) is 6.33. The van der Waals surface area contributed by atoms with Gasteiger partial charge in [-0.25, -0.2) is 0 Å². The van der Waals surface area contributed by atoms with E-state index >= 15 is 0 Å². The lowest BCUT2D eigenvalue weighted by atomic mass is 9.92. The predicted molar refractivity (Wildman–Crippen MR) is 104 cm³/mol. The van der Waals surface area contributed by atoms with Crippen LogP contribution in [0.4, 0.5) is 5.69 Å².